The standard InChI is InChI=1S/C21H18/c1-13-14(2)21-15(3)17-9-5-4-8-16(17)12-20(21)19-11-7-6-10-18(13)19/h4-12H,1-3H3. The predicted molar refractivity (Wildman–Crippen MR) is 93.2 cm³/mol. The first-order valence-electron chi connectivity index (χ1n) is 7.48. The Balaban J connectivity index is 2.39. The van der Waals surface area contributed by atoms with Crippen LogP contribution in [0.5, 0.6) is 0 Å². The first-order chi connectivity index (χ1) is 10.2. The summed E-state index contributed by atoms with van der Waals surface area (Å²) in [5, 5.41) is 8.23. The average molecular weight is 270 g/mol. The van der Waals surface area contributed by atoms with E-state index >= 15 is 0 Å². The van der Waals surface area contributed by atoms with Crippen LogP contribution in [0.4, 0.5) is 0 Å². The van der Waals surface area contributed by atoms with E-state index in [1.165, 1.54) is 49.0 Å². The Hall–Kier alpha value is -2.34. The van der Waals surface area contributed by atoms with Crippen LogP contribution in [0.25, 0.3) is 32.3 Å². The zero-order valence-electron chi connectivity index (χ0n) is 12.7. The molecule has 0 unspecified atom stereocenters. The molecule has 0 N–H and O–H groups in total. The van der Waals surface area contributed by atoms with Gasteiger partial charge in [-0.3, -0.25) is 0 Å². The van der Waals surface area contributed by atoms with E-state index in [2.05, 4.69) is 75.4 Å². The third kappa shape index (κ3) is 1.62. The summed E-state index contributed by atoms with van der Waals surface area (Å²) in [6.07, 6.45) is 0. The Bertz CT molecular complexity index is 1010. The normalized spacial score (nSPS) is 11.6. The van der Waals surface area contributed by atoms with Crippen LogP contribution in [0.2, 0.25) is 0 Å². The maximum atomic E-state index is 2.35. The fraction of sp³-hybridized carbons (Fsp3) is 0.143. The summed E-state index contributed by atoms with van der Waals surface area (Å²) in [6, 6.07) is 19.8. The first kappa shape index (κ1) is 12.4. The fourth-order valence-electron chi connectivity index (χ4n) is 3.66. The van der Waals surface area contributed by atoms with Gasteiger partial charge in [-0.25, -0.2) is 0 Å². The highest BCUT2D eigenvalue weighted by Crippen LogP contribution is 2.37. The highest BCUT2D eigenvalue weighted by atomic mass is 14.2. The number of hydrogen-bond donors (Lipinski definition) is 0. The van der Waals surface area contributed by atoms with Crippen LogP contribution in [0.3, 0.4) is 0 Å². The lowest BCUT2D eigenvalue weighted by atomic mass is 9.88. The second-order valence-electron chi connectivity index (χ2n) is 5.94. The summed E-state index contributed by atoms with van der Waals surface area (Å²) in [7, 11) is 0. The zero-order chi connectivity index (χ0) is 14.6. The van der Waals surface area contributed by atoms with Crippen molar-refractivity contribution in [1.82, 2.24) is 0 Å². The molecule has 0 aromatic heterocycles. The van der Waals surface area contributed by atoms with Crippen LogP contribution in [0, 0.1) is 20.8 Å². The van der Waals surface area contributed by atoms with E-state index in [1.54, 1.807) is 0 Å². The molecule has 0 amide bonds. The van der Waals surface area contributed by atoms with Crippen molar-refractivity contribution < 1.29 is 0 Å². The largest absolute Gasteiger partial charge is 0.0616 e. The van der Waals surface area contributed by atoms with Crippen molar-refractivity contribution in [2.75, 3.05) is 0 Å². The van der Waals surface area contributed by atoms with Gasteiger partial charge in [0, 0.05) is 0 Å². The molecule has 0 nitrogen and oxygen atoms in total. The third-order valence-electron chi connectivity index (χ3n) is 4.87. The molecule has 4 aromatic rings. The van der Waals surface area contributed by atoms with Gasteiger partial charge in [0.1, 0.15) is 0 Å². The molecule has 4 aromatic carbocycles. The SMILES string of the molecule is Cc1c(C)c2c(C)c3ccccc3cc2c2ccccc12. The lowest BCUT2D eigenvalue weighted by Crippen LogP contribution is -1.92. The van der Waals surface area contributed by atoms with Crippen LogP contribution in [-0.4, -0.2) is 0 Å². The Morgan fingerprint density at radius 2 is 1.14 bits per heavy atom. The monoisotopic (exact) mass is 270 g/mol. The molecular weight excluding hydrogens is 252 g/mol. The smallest absolute Gasteiger partial charge is 0.00935 e. The quantitative estimate of drug-likeness (QED) is 0.268. The van der Waals surface area contributed by atoms with E-state index < -0.39 is 0 Å². The third-order valence-corrected chi connectivity index (χ3v) is 4.87. The number of aryl methyl sites for hydroxylation is 3. The maximum absolute atomic E-state index is 2.35. The van der Waals surface area contributed by atoms with Crippen molar-refractivity contribution in [1.29, 1.82) is 0 Å². The number of benzene rings is 4. The van der Waals surface area contributed by atoms with E-state index in [9.17, 15) is 0 Å². The highest BCUT2D eigenvalue weighted by molar-refractivity contribution is 6.16. The Morgan fingerprint density at radius 1 is 0.524 bits per heavy atom. The molecule has 0 aliphatic carbocycles. The summed E-state index contributed by atoms with van der Waals surface area (Å²) < 4.78 is 0. The fourth-order valence-corrected chi connectivity index (χ4v) is 3.66. The predicted octanol–water partition coefficient (Wildman–Crippen LogP) is 6.07. The highest BCUT2D eigenvalue weighted by Gasteiger charge is 2.12. The van der Waals surface area contributed by atoms with E-state index in [0.717, 1.165) is 0 Å². The molecule has 102 valence electrons. The molecule has 0 aliphatic rings. The van der Waals surface area contributed by atoms with Crippen LogP contribution < -0.4 is 0 Å². The summed E-state index contributed by atoms with van der Waals surface area (Å²) >= 11 is 0. The van der Waals surface area contributed by atoms with Gasteiger partial charge >= 0.3 is 0 Å². The zero-order valence-corrected chi connectivity index (χ0v) is 12.7. The van der Waals surface area contributed by atoms with Crippen molar-refractivity contribution in [2.24, 2.45) is 0 Å². The van der Waals surface area contributed by atoms with E-state index in [-0.39, 0.29) is 0 Å². The van der Waals surface area contributed by atoms with Crippen molar-refractivity contribution in [3.8, 4) is 0 Å². The van der Waals surface area contributed by atoms with Crippen LogP contribution in [-0.2, 0) is 0 Å². The summed E-state index contributed by atoms with van der Waals surface area (Å²) in [4.78, 5) is 0. The first-order valence-corrected chi connectivity index (χ1v) is 7.48. The van der Waals surface area contributed by atoms with Crippen LogP contribution in [0.1, 0.15) is 16.7 Å². The van der Waals surface area contributed by atoms with Gasteiger partial charge in [0.2, 0.25) is 0 Å². The molecule has 4 rings (SSSR count). The molecule has 0 saturated heterocycles. The minimum atomic E-state index is 1.33. The molecule has 0 saturated carbocycles. The van der Waals surface area contributed by atoms with Gasteiger partial charge in [0.15, 0.2) is 0 Å². The number of hydrogen-bond acceptors (Lipinski definition) is 0. The van der Waals surface area contributed by atoms with Crippen molar-refractivity contribution in [2.45, 2.75) is 20.8 Å². The molecule has 0 spiro atoms. The molecule has 0 bridgehead atoms. The van der Waals surface area contributed by atoms with Crippen molar-refractivity contribution in [3.63, 3.8) is 0 Å². The van der Waals surface area contributed by atoms with Crippen LogP contribution >= 0.6 is 0 Å². The molecular formula is C21H18. The van der Waals surface area contributed by atoms with E-state index in [1.807, 2.05) is 0 Å². The van der Waals surface area contributed by atoms with Gasteiger partial charge < -0.3 is 0 Å². The topological polar surface area (TPSA) is 0 Å². The molecule has 0 aliphatic heterocycles. The Kier molecular flexibility index (Phi) is 2.56. The molecule has 0 fully saturated rings. The molecule has 0 heterocycles. The number of fused-ring (bicyclic) bond motifs is 4. The summed E-state index contributed by atoms with van der Waals surface area (Å²) in [5.74, 6) is 0. The van der Waals surface area contributed by atoms with Gasteiger partial charge in [0.05, 0.1) is 0 Å². The Morgan fingerprint density at radius 3 is 1.90 bits per heavy atom. The lowest BCUT2D eigenvalue weighted by molar-refractivity contribution is 1.40. The van der Waals surface area contributed by atoms with Gasteiger partial charge in [-0.05, 0) is 75.8 Å². The second kappa shape index (κ2) is 4.33. The van der Waals surface area contributed by atoms with E-state index in [0.29, 0.717) is 0 Å². The molecule has 21 heavy (non-hydrogen) atoms. The van der Waals surface area contributed by atoms with Gasteiger partial charge in [-0.15, -0.1) is 0 Å². The molecule has 0 heteroatoms. The van der Waals surface area contributed by atoms with E-state index in [4.69, 9.17) is 0 Å². The minimum absolute atomic E-state index is 1.33. The van der Waals surface area contributed by atoms with Gasteiger partial charge in [0.25, 0.3) is 0 Å². The second-order valence-corrected chi connectivity index (χ2v) is 5.94. The average Bonchev–Trinajstić information content (AvgIpc) is 2.52. The molecule has 0 radical (unpaired) electrons. The maximum Gasteiger partial charge on any atom is -0.00935 e. The summed E-state index contributed by atoms with van der Waals surface area (Å²) in [5.41, 5.74) is 4.21. The molecule has 0 atom stereocenters. The number of rotatable bonds is 0. The van der Waals surface area contributed by atoms with Crippen molar-refractivity contribution in [3.05, 3.63) is 71.3 Å². The van der Waals surface area contributed by atoms with Gasteiger partial charge in [-0.2, -0.15) is 0 Å². The summed E-state index contributed by atoms with van der Waals surface area (Å²) in [6.45, 7) is 6.75. The van der Waals surface area contributed by atoms with Gasteiger partial charge in [-0.1, -0.05) is 48.5 Å². The minimum Gasteiger partial charge on any atom is -0.0616 e. The Labute approximate surface area is 125 Å². The van der Waals surface area contributed by atoms with Crippen LogP contribution in [0.15, 0.2) is 54.6 Å². The lowest BCUT2D eigenvalue weighted by Gasteiger charge is -2.16. The van der Waals surface area contributed by atoms with Crippen molar-refractivity contribution >= 4 is 32.3 Å².